The van der Waals surface area contributed by atoms with Crippen LogP contribution in [0.3, 0.4) is 0 Å². The van der Waals surface area contributed by atoms with E-state index in [0.717, 1.165) is 35.5 Å². The van der Waals surface area contributed by atoms with Crippen LogP contribution in [-0.2, 0) is 0 Å². The number of halogens is 2. The van der Waals surface area contributed by atoms with Gasteiger partial charge in [0.25, 0.3) is 0 Å². The van der Waals surface area contributed by atoms with E-state index in [-0.39, 0.29) is 34.8 Å². The highest BCUT2D eigenvalue weighted by Gasteiger charge is 2.25. The lowest BCUT2D eigenvalue weighted by molar-refractivity contribution is 0.159. The number of nitrogens with two attached hydrogens (primary N) is 3. The SMILES string of the molecule is N/N=C(/c1cc(-c2ccsc2)cnc1N)N(N)c1ccc(OC2CCCNC2)c(F)c1F. The molecule has 0 aliphatic carbocycles. The molecular formula is C21H23F2N7OS. The monoisotopic (exact) mass is 459 g/mol. The number of anilines is 2. The average molecular weight is 460 g/mol. The first-order valence-electron chi connectivity index (χ1n) is 9.96. The van der Waals surface area contributed by atoms with Gasteiger partial charge in [0.2, 0.25) is 5.82 Å². The number of hydrogen-bond donors (Lipinski definition) is 4. The van der Waals surface area contributed by atoms with Gasteiger partial charge in [-0.2, -0.15) is 20.8 Å². The van der Waals surface area contributed by atoms with Crippen molar-refractivity contribution in [2.75, 3.05) is 23.8 Å². The number of rotatable bonds is 5. The van der Waals surface area contributed by atoms with Crippen molar-refractivity contribution in [2.45, 2.75) is 18.9 Å². The van der Waals surface area contributed by atoms with E-state index in [1.54, 1.807) is 12.3 Å². The fourth-order valence-electron chi connectivity index (χ4n) is 3.52. The van der Waals surface area contributed by atoms with Gasteiger partial charge in [-0.25, -0.2) is 15.2 Å². The van der Waals surface area contributed by atoms with Crippen LogP contribution in [0.2, 0.25) is 0 Å². The molecule has 1 aliphatic heterocycles. The van der Waals surface area contributed by atoms with Gasteiger partial charge >= 0.3 is 0 Å². The molecule has 0 saturated carbocycles. The van der Waals surface area contributed by atoms with E-state index in [9.17, 15) is 8.78 Å². The van der Waals surface area contributed by atoms with E-state index < -0.39 is 11.6 Å². The highest BCUT2D eigenvalue weighted by atomic mass is 32.1. The van der Waals surface area contributed by atoms with Crippen LogP contribution in [-0.4, -0.2) is 30.0 Å². The second-order valence-corrected chi connectivity index (χ2v) is 8.07. The molecule has 0 radical (unpaired) electrons. The van der Waals surface area contributed by atoms with Crippen LogP contribution in [0.25, 0.3) is 11.1 Å². The Balaban J connectivity index is 1.63. The van der Waals surface area contributed by atoms with Crippen LogP contribution in [0.15, 0.2) is 46.3 Å². The van der Waals surface area contributed by atoms with Gasteiger partial charge in [0, 0.05) is 18.3 Å². The van der Waals surface area contributed by atoms with E-state index >= 15 is 0 Å². The Kier molecular flexibility index (Phi) is 6.49. The highest BCUT2D eigenvalue weighted by molar-refractivity contribution is 7.08. The van der Waals surface area contributed by atoms with Gasteiger partial charge in [0.05, 0.1) is 11.3 Å². The first kappa shape index (κ1) is 21.9. The maximum Gasteiger partial charge on any atom is 0.202 e. The molecule has 168 valence electrons. The summed E-state index contributed by atoms with van der Waals surface area (Å²) in [5, 5.41) is 11.5. The number of nitrogens with one attached hydrogen (secondary N) is 1. The Morgan fingerprint density at radius 1 is 1.25 bits per heavy atom. The molecule has 0 amide bonds. The van der Waals surface area contributed by atoms with Gasteiger partial charge in [-0.05, 0) is 60.0 Å². The molecule has 2 aromatic heterocycles. The molecule has 1 atom stereocenters. The predicted octanol–water partition coefficient (Wildman–Crippen LogP) is 2.80. The molecule has 7 N–H and O–H groups in total. The Bertz CT molecular complexity index is 1120. The van der Waals surface area contributed by atoms with Crippen molar-refractivity contribution < 1.29 is 13.5 Å². The van der Waals surface area contributed by atoms with Gasteiger partial charge in [0.15, 0.2) is 17.4 Å². The number of amidine groups is 1. The summed E-state index contributed by atoms with van der Waals surface area (Å²) in [4.78, 5) is 4.17. The summed E-state index contributed by atoms with van der Waals surface area (Å²) >= 11 is 1.52. The zero-order valence-corrected chi connectivity index (χ0v) is 17.9. The first-order chi connectivity index (χ1) is 15.5. The minimum Gasteiger partial charge on any atom is -0.486 e. The van der Waals surface area contributed by atoms with Crippen molar-refractivity contribution in [3.05, 3.63) is 58.4 Å². The zero-order valence-electron chi connectivity index (χ0n) is 17.1. The molecule has 0 spiro atoms. The number of nitrogen functional groups attached to an aromatic ring is 1. The summed E-state index contributed by atoms with van der Waals surface area (Å²) in [6.45, 7) is 1.45. The maximum atomic E-state index is 14.9. The number of ether oxygens (including phenoxy) is 1. The minimum atomic E-state index is -1.18. The van der Waals surface area contributed by atoms with Crippen molar-refractivity contribution in [1.82, 2.24) is 10.3 Å². The van der Waals surface area contributed by atoms with E-state index in [0.29, 0.717) is 6.54 Å². The molecule has 1 aliphatic rings. The fraction of sp³-hybridized carbons (Fsp3) is 0.238. The normalized spacial score (nSPS) is 16.7. The minimum absolute atomic E-state index is 0.0736. The Hall–Kier alpha value is -3.28. The van der Waals surface area contributed by atoms with Crippen LogP contribution in [0.5, 0.6) is 5.75 Å². The third-order valence-corrected chi connectivity index (χ3v) is 5.88. The largest absolute Gasteiger partial charge is 0.486 e. The summed E-state index contributed by atoms with van der Waals surface area (Å²) in [6, 6.07) is 6.25. The predicted molar refractivity (Wildman–Crippen MR) is 122 cm³/mol. The third kappa shape index (κ3) is 4.35. The molecule has 32 heavy (non-hydrogen) atoms. The summed E-state index contributed by atoms with van der Waals surface area (Å²) in [5.74, 6) is 9.18. The lowest BCUT2D eigenvalue weighted by Gasteiger charge is -2.25. The molecule has 0 bridgehead atoms. The number of aromatic nitrogens is 1. The van der Waals surface area contributed by atoms with Gasteiger partial charge in [-0.3, -0.25) is 5.01 Å². The smallest absolute Gasteiger partial charge is 0.202 e. The molecule has 1 unspecified atom stereocenters. The van der Waals surface area contributed by atoms with E-state index in [4.69, 9.17) is 22.2 Å². The Labute approximate surface area is 187 Å². The van der Waals surface area contributed by atoms with Crippen molar-refractivity contribution >= 4 is 28.7 Å². The van der Waals surface area contributed by atoms with Crippen LogP contribution in [0.1, 0.15) is 18.4 Å². The van der Waals surface area contributed by atoms with Crippen LogP contribution < -0.4 is 32.5 Å². The number of benzene rings is 1. The first-order valence-corrected chi connectivity index (χ1v) is 10.9. The van der Waals surface area contributed by atoms with Crippen molar-refractivity contribution in [3.63, 3.8) is 0 Å². The number of pyridine rings is 1. The molecule has 1 aromatic carbocycles. The summed E-state index contributed by atoms with van der Waals surface area (Å²) in [6.07, 6.45) is 3.03. The average Bonchev–Trinajstić information content (AvgIpc) is 3.34. The fourth-order valence-corrected chi connectivity index (χ4v) is 4.18. The van der Waals surface area contributed by atoms with Crippen LogP contribution in [0.4, 0.5) is 20.3 Å². The van der Waals surface area contributed by atoms with Gasteiger partial charge in [0.1, 0.15) is 11.9 Å². The van der Waals surface area contributed by atoms with Crippen molar-refractivity contribution in [2.24, 2.45) is 16.8 Å². The van der Waals surface area contributed by atoms with Gasteiger partial charge < -0.3 is 21.6 Å². The lowest BCUT2D eigenvalue weighted by Crippen LogP contribution is -2.40. The van der Waals surface area contributed by atoms with E-state index in [2.05, 4.69) is 15.4 Å². The molecule has 4 rings (SSSR count). The molecule has 1 saturated heterocycles. The summed E-state index contributed by atoms with van der Waals surface area (Å²) in [5.41, 5.74) is 7.69. The van der Waals surface area contributed by atoms with Crippen LogP contribution in [0, 0.1) is 11.6 Å². The van der Waals surface area contributed by atoms with Crippen LogP contribution >= 0.6 is 11.3 Å². The van der Waals surface area contributed by atoms with E-state index in [1.165, 1.54) is 23.5 Å². The number of piperidine rings is 1. The number of thiophene rings is 1. The molecule has 3 heterocycles. The maximum absolute atomic E-state index is 14.9. The van der Waals surface area contributed by atoms with E-state index in [1.807, 2.05) is 16.8 Å². The lowest BCUT2D eigenvalue weighted by atomic mass is 10.1. The Morgan fingerprint density at radius 2 is 2.09 bits per heavy atom. The number of hydrazine groups is 1. The third-order valence-electron chi connectivity index (χ3n) is 5.20. The molecule has 8 nitrogen and oxygen atoms in total. The van der Waals surface area contributed by atoms with Crippen molar-refractivity contribution in [1.29, 1.82) is 0 Å². The number of nitrogens with zero attached hydrogens (tertiary/aromatic N) is 3. The molecular weight excluding hydrogens is 436 g/mol. The molecule has 11 heteroatoms. The highest BCUT2D eigenvalue weighted by Crippen LogP contribution is 2.31. The number of hydrogen-bond acceptors (Lipinski definition) is 8. The topological polar surface area (TPSA) is 128 Å². The molecule has 1 fully saturated rings. The quantitative estimate of drug-likeness (QED) is 0.200. The second kappa shape index (κ2) is 9.47. The zero-order chi connectivity index (χ0) is 22.7. The number of hydrazone groups is 1. The molecule has 3 aromatic rings. The second-order valence-electron chi connectivity index (χ2n) is 7.29. The standard InChI is InChI=1S/C21H23F2N7OS/c22-18-16(3-4-17(19(18)23)31-14-2-1-6-27-10-14)30(26)21(29-25)15-8-13(9-28-20(15)24)12-5-7-32-11-12/h3-5,7-9,11,14,27H,1-2,6,10,25-26H2,(H2,24,28)/b29-21-. The van der Waals surface area contributed by atoms with Gasteiger partial charge in [-0.1, -0.05) is 0 Å². The summed E-state index contributed by atoms with van der Waals surface area (Å²) in [7, 11) is 0. The Morgan fingerprint density at radius 3 is 2.78 bits per heavy atom. The summed E-state index contributed by atoms with van der Waals surface area (Å²) < 4.78 is 35.3. The van der Waals surface area contributed by atoms with Gasteiger partial charge in [-0.15, -0.1) is 0 Å². The van der Waals surface area contributed by atoms with Crippen molar-refractivity contribution in [3.8, 4) is 16.9 Å².